The molecule has 1 atom stereocenters. The van der Waals surface area contributed by atoms with Gasteiger partial charge in [0.1, 0.15) is 16.8 Å². The lowest BCUT2D eigenvalue weighted by molar-refractivity contribution is -0.127. The highest BCUT2D eigenvalue weighted by atomic mass is 16.6. The van der Waals surface area contributed by atoms with Gasteiger partial charge in [-0.05, 0) is 55.7 Å². The molecule has 3 heterocycles. The zero-order valence-corrected chi connectivity index (χ0v) is 22.9. The minimum absolute atomic E-state index is 0.246. The molecule has 2 amide bonds. The Morgan fingerprint density at radius 2 is 1.85 bits per heavy atom. The summed E-state index contributed by atoms with van der Waals surface area (Å²) in [5.41, 5.74) is 2.62. The minimum atomic E-state index is -1.31. The number of pyridine rings is 1. The van der Waals surface area contributed by atoms with Crippen molar-refractivity contribution in [3.63, 3.8) is 0 Å². The number of nitrogens with one attached hydrogen (secondary N) is 4. The second-order valence-corrected chi connectivity index (χ2v) is 11.1. The molecule has 0 unspecified atom stereocenters. The van der Waals surface area contributed by atoms with Crippen molar-refractivity contribution in [2.75, 3.05) is 6.54 Å². The van der Waals surface area contributed by atoms with Gasteiger partial charge in [0.15, 0.2) is 0 Å². The van der Waals surface area contributed by atoms with E-state index in [2.05, 4.69) is 36.0 Å². The molecule has 0 saturated heterocycles. The van der Waals surface area contributed by atoms with Crippen LogP contribution in [0.25, 0.3) is 21.9 Å². The Kier molecular flexibility index (Phi) is 7.13. The van der Waals surface area contributed by atoms with Gasteiger partial charge in [0.05, 0.1) is 5.52 Å². The SMILES string of the molecule is C[C@@](Cc1c[nH]c2ccccc12)(NC(=O)Oc1ccc2[nH]nnc2c1)C(=O)NCC1(c2ccccn2)CCCCC1. The predicted octanol–water partition coefficient (Wildman–Crippen LogP) is 4.94. The van der Waals surface area contributed by atoms with Gasteiger partial charge in [0, 0.05) is 53.4 Å². The van der Waals surface area contributed by atoms with Gasteiger partial charge < -0.3 is 20.4 Å². The molecule has 6 rings (SSSR count). The van der Waals surface area contributed by atoms with E-state index >= 15 is 0 Å². The first-order valence-corrected chi connectivity index (χ1v) is 14.0. The summed E-state index contributed by atoms with van der Waals surface area (Å²) in [6.07, 6.45) is 8.46. The van der Waals surface area contributed by atoms with Crippen LogP contribution < -0.4 is 15.4 Å². The number of carbonyl (C=O) groups is 2. The van der Waals surface area contributed by atoms with E-state index < -0.39 is 11.6 Å². The number of benzene rings is 2. The first-order valence-electron chi connectivity index (χ1n) is 14.0. The zero-order valence-electron chi connectivity index (χ0n) is 22.9. The number of para-hydroxylation sites is 1. The first-order chi connectivity index (χ1) is 19.9. The average molecular weight is 552 g/mol. The molecule has 1 saturated carbocycles. The molecule has 210 valence electrons. The van der Waals surface area contributed by atoms with Crippen molar-refractivity contribution in [2.24, 2.45) is 0 Å². The highest BCUT2D eigenvalue weighted by Crippen LogP contribution is 2.38. The monoisotopic (exact) mass is 551 g/mol. The maximum Gasteiger partial charge on any atom is 0.413 e. The van der Waals surface area contributed by atoms with Crippen LogP contribution in [0.4, 0.5) is 4.79 Å². The van der Waals surface area contributed by atoms with Gasteiger partial charge >= 0.3 is 6.09 Å². The number of hydrogen-bond donors (Lipinski definition) is 4. The molecule has 1 aliphatic carbocycles. The van der Waals surface area contributed by atoms with Crippen molar-refractivity contribution >= 4 is 33.9 Å². The maximum absolute atomic E-state index is 14.0. The molecule has 0 bridgehead atoms. The van der Waals surface area contributed by atoms with E-state index in [-0.39, 0.29) is 17.7 Å². The molecule has 41 heavy (non-hydrogen) atoms. The molecule has 5 aromatic rings. The van der Waals surface area contributed by atoms with Crippen molar-refractivity contribution in [1.29, 1.82) is 0 Å². The van der Waals surface area contributed by atoms with Crippen molar-refractivity contribution in [2.45, 2.75) is 56.4 Å². The lowest BCUT2D eigenvalue weighted by atomic mass is 9.71. The van der Waals surface area contributed by atoms with Gasteiger partial charge in [0.25, 0.3) is 0 Å². The molecule has 1 fully saturated rings. The molecule has 10 heteroatoms. The third kappa shape index (κ3) is 5.50. The Hall–Kier alpha value is -4.73. The molecule has 0 spiro atoms. The lowest BCUT2D eigenvalue weighted by Gasteiger charge is -2.38. The summed E-state index contributed by atoms with van der Waals surface area (Å²) in [6.45, 7) is 2.17. The zero-order chi connectivity index (χ0) is 28.3. The number of amides is 2. The van der Waals surface area contributed by atoms with E-state index in [0.717, 1.165) is 53.4 Å². The van der Waals surface area contributed by atoms with Gasteiger partial charge in [-0.15, -0.1) is 5.10 Å². The first kappa shape index (κ1) is 26.5. The molecule has 3 aromatic heterocycles. The molecule has 0 radical (unpaired) electrons. The largest absolute Gasteiger partial charge is 0.413 e. The highest BCUT2D eigenvalue weighted by Gasteiger charge is 2.40. The van der Waals surface area contributed by atoms with E-state index in [0.29, 0.717) is 17.8 Å². The van der Waals surface area contributed by atoms with Crippen molar-refractivity contribution in [3.05, 3.63) is 84.3 Å². The van der Waals surface area contributed by atoms with Crippen LogP contribution in [0.15, 0.2) is 73.1 Å². The number of H-pyrrole nitrogens is 2. The molecule has 4 N–H and O–H groups in total. The second kappa shape index (κ2) is 11.0. The van der Waals surface area contributed by atoms with Crippen LogP contribution in [-0.2, 0) is 16.6 Å². The summed E-state index contributed by atoms with van der Waals surface area (Å²) >= 11 is 0. The van der Waals surface area contributed by atoms with Crippen LogP contribution in [0.2, 0.25) is 0 Å². The average Bonchev–Trinajstić information content (AvgIpc) is 3.63. The van der Waals surface area contributed by atoms with Crippen LogP contribution >= 0.6 is 0 Å². The summed E-state index contributed by atoms with van der Waals surface area (Å²) in [7, 11) is 0. The Morgan fingerprint density at radius 3 is 2.68 bits per heavy atom. The molecular formula is C31H33N7O3. The number of nitrogens with zero attached hydrogens (tertiary/aromatic N) is 3. The number of rotatable bonds is 8. The smallest absolute Gasteiger partial charge is 0.410 e. The summed E-state index contributed by atoms with van der Waals surface area (Å²) in [5, 5.41) is 17.6. The Bertz CT molecular complexity index is 1670. The second-order valence-electron chi connectivity index (χ2n) is 11.1. The topological polar surface area (TPSA) is 138 Å². The van der Waals surface area contributed by atoms with Crippen molar-refractivity contribution in [3.8, 4) is 5.75 Å². The van der Waals surface area contributed by atoms with Gasteiger partial charge in [-0.1, -0.05) is 48.7 Å². The number of ether oxygens (including phenoxy) is 1. The molecule has 2 aromatic carbocycles. The standard InChI is InChI=1S/C31H33N7O3/c1-30(18-21-19-33-24-10-4-3-9-23(21)24,35-29(40)41-22-12-13-25-26(17-22)37-38-36-25)28(39)34-20-31(14-6-2-7-15-31)27-11-5-8-16-32-27/h3-5,8-13,16-17,19,33H,2,6-7,14-15,18,20H2,1H3,(H,34,39)(H,35,40)(H,36,37,38)/t30-/m0/s1. The Labute approximate surface area is 237 Å². The lowest BCUT2D eigenvalue weighted by Crippen LogP contribution is -2.60. The predicted molar refractivity (Wildman–Crippen MR) is 155 cm³/mol. The summed E-state index contributed by atoms with van der Waals surface area (Å²) in [5.74, 6) is 0.0163. The molecule has 1 aliphatic rings. The van der Waals surface area contributed by atoms with Crippen LogP contribution in [0.3, 0.4) is 0 Å². The third-order valence-corrected chi connectivity index (χ3v) is 8.21. The van der Waals surface area contributed by atoms with E-state index in [1.807, 2.05) is 54.9 Å². The number of carbonyl (C=O) groups excluding carboxylic acids is 2. The number of fused-ring (bicyclic) bond motifs is 2. The quantitative estimate of drug-likeness (QED) is 0.216. The highest BCUT2D eigenvalue weighted by molar-refractivity contribution is 5.92. The fourth-order valence-electron chi connectivity index (χ4n) is 5.96. The maximum atomic E-state index is 14.0. The van der Waals surface area contributed by atoms with E-state index in [1.165, 1.54) is 6.42 Å². The summed E-state index contributed by atoms with van der Waals surface area (Å²) in [6, 6.07) is 18.9. The number of aromatic nitrogens is 5. The minimum Gasteiger partial charge on any atom is -0.410 e. The van der Waals surface area contributed by atoms with Crippen LogP contribution in [-0.4, -0.2) is 49.5 Å². The fourth-order valence-corrected chi connectivity index (χ4v) is 5.96. The van der Waals surface area contributed by atoms with Crippen LogP contribution in [0, 0.1) is 0 Å². The van der Waals surface area contributed by atoms with Gasteiger partial charge in [-0.25, -0.2) is 4.79 Å². The normalized spacial score (nSPS) is 16.2. The van der Waals surface area contributed by atoms with Crippen LogP contribution in [0.5, 0.6) is 5.75 Å². The molecule has 0 aliphatic heterocycles. The van der Waals surface area contributed by atoms with Gasteiger partial charge in [-0.2, -0.15) is 0 Å². The molecule has 10 nitrogen and oxygen atoms in total. The molecular weight excluding hydrogens is 518 g/mol. The number of aromatic amines is 2. The van der Waals surface area contributed by atoms with Crippen molar-refractivity contribution in [1.82, 2.24) is 36.0 Å². The van der Waals surface area contributed by atoms with Crippen molar-refractivity contribution < 1.29 is 14.3 Å². The Morgan fingerprint density at radius 1 is 1.02 bits per heavy atom. The summed E-state index contributed by atoms with van der Waals surface area (Å²) in [4.78, 5) is 35.2. The van der Waals surface area contributed by atoms with E-state index in [4.69, 9.17) is 4.74 Å². The third-order valence-electron chi connectivity index (χ3n) is 8.21. The van der Waals surface area contributed by atoms with E-state index in [1.54, 1.807) is 25.1 Å². The number of hydrogen-bond acceptors (Lipinski definition) is 6. The van der Waals surface area contributed by atoms with Crippen LogP contribution in [0.1, 0.15) is 50.3 Å². The van der Waals surface area contributed by atoms with Gasteiger partial charge in [0.2, 0.25) is 5.91 Å². The fraction of sp³-hybridized carbons (Fsp3) is 0.323. The van der Waals surface area contributed by atoms with E-state index in [9.17, 15) is 9.59 Å². The Balaban J connectivity index is 1.25. The van der Waals surface area contributed by atoms with Gasteiger partial charge in [-0.3, -0.25) is 14.9 Å². The summed E-state index contributed by atoms with van der Waals surface area (Å²) < 4.78 is 5.60.